The summed E-state index contributed by atoms with van der Waals surface area (Å²) in [5, 5.41) is 7.09. The molecule has 57 heavy (non-hydrogen) atoms. The zero-order valence-electron chi connectivity index (χ0n) is 30.4. The number of fused-ring (bicyclic) bond motifs is 9. The summed E-state index contributed by atoms with van der Waals surface area (Å²) in [5.74, 6) is 1.81. The van der Waals surface area contributed by atoms with Crippen LogP contribution in [0.3, 0.4) is 0 Å². The summed E-state index contributed by atoms with van der Waals surface area (Å²) in [6.07, 6.45) is 0. The molecule has 0 aliphatic heterocycles. The maximum atomic E-state index is 6.82. The van der Waals surface area contributed by atoms with Crippen LogP contribution in [0.4, 0.5) is 0 Å². The number of para-hydroxylation sites is 3. The molecule has 0 bridgehead atoms. The maximum Gasteiger partial charge on any atom is 0.167 e. The zero-order valence-corrected chi connectivity index (χ0v) is 31.2. The third-order valence-electron chi connectivity index (χ3n) is 11.1. The molecule has 4 aromatic heterocycles. The lowest BCUT2D eigenvalue weighted by Gasteiger charge is -2.09. The smallest absolute Gasteiger partial charge is 0.167 e. The van der Waals surface area contributed by atoms with Gasteiger partial charge < -0.3 is 8.98 Å². The van der Waals surface area contributed by atoms with Crippen molar-refractivity contribution >= 4 is 75.3 Å². The lowest BCUT2D eigenvalue weighted by atomic mass is 9.98. The number of hydrogen-bond donors (Lipinski definition) is 0. The van der Waals surface area contributed by atoms with Crippen molar-refractivity contribution in [3.8, 4) is 51.0 Å². The topological polar surface area (TPSA) is 56.7 Å². The van der Waals surface area contributed by atoms with Crippen molar-refractivity contribution in [3.05, 3.63) is 182 Å². The van der Waals surface area contributed by atoms with Crippen LogP contribution in [0.5, 0.6) is 0 Å². The predicted molar refractivity (Wildman–Crippen MR) is 236 cm³/mol. The Morgan fingerprint density at radius 2 is 1.02 bits per heavy atom. The van der Waals surface area contributed by atoms with Gasteiger partial charge in [-0.15, -0.1) is 11.3 Å². The van der Waals surface area contributed by atoms with Crippen molar-refractivity contribution in [3.63, 3.8) is 0 Å². The molecule has 0 amide bonds. The maximum absolute atomic E-state index is 6.82. The molecule has 8 aromatic carbocycles. The van der Waals surface area contributed by atoms with Gasteiger partial charge in [0.15, 0.2) is 17.5 Å². The third kappa shape index (κ3) is 5.04. The van der Waals surface area contributed by atoms with Gasteiger partial charge in [-0.25, -0.2) is 15.0 Å². The standard InChI is InChI=1S/C51H30N4OS/c1-3-13-31(14-4-1)49-52-50(32-15-5-2-6-16-32)54-51(53-49)40-21-11-20-39-38-27-25-33(29-44(38)56-48(39)40)35-19-12-24-46-47(35)41-30-34(26-28-45(41)57-46)55-42-22-9-7-17-36(42)37-18-8-10-23-43(37)55/h1-30H. The molecule has 12 rings (SSSR count). The highest BCUT2D eigenvalue weighted by atomic mass is 32.1. The number of rotatable bonds is 5. The van der Waals surface area contributed by atoms with E-state index in [0.29, 0.717) is 17.5 Å². The van der Waals surface area contributed by atoms with E-state index in [2.05, 4.69) is 120 Å². The largest absolute Gasteiger partial charge is 0.455 e. The van der Waals surface area contributed by atoms with E-state index >= 15 is 0 Å². The Hall–Kier alpha value is -7.41. The number of benzene rings is 8. The van der Waals surface area contributed by atoms with E-state index < -0.39 is 0 Å². The van der Waals surface area contributed by atoms with Crippen LogP contribution in [0.1, 0.15) is 0 Å². The molecule has 0 aliphatic rings. The molecule has 0 saturated carbocycles. The normalized spacial score (nSPS) is 11.9. The van der Waals surface area contributed by atoms with Gasteiger partial charge >= 0.3 is 0 Å². The average Bonchev–Trinajstić information content (AvgIpc) is 3.96. The zero-order chi connectivity index (χ0) is 37.5. The van der Waals surface area contributed by atoms with Crippen LogP contribution in [0.25, 0.3) is 115 Å². The Morgan fingerprint density at radius 1 is 0.404 bits per heavy atom. The Bertz CT molecular complexity index is 3420. The Labute approximate surface area is 330 Å². The summed E-state index contributed by atoms with van der Waals surface area (Å²) in [6.45, 7) is 0. The minimum Gasteiger partial charge on any atom is -0.455 e. The SMILES string of the molecule is c1ccc(-c2nc(-c3ccccc3)nc(-c3cccc4c3oc3cc(-c5cccc6sc7ccc(-n8c9ccccc9c9ccccc98)cc7c56)ccc34)n2)cc1. The van der Waals surface area contributed by atoms with E-state index in [1.165, 1.54) is 47.5 Å². The van der Waals surface area contributed by atoms with Crippen LogP contribution in [0.15, 0.2) is 186 Å². The summed E-state index contributed by atoms with van der Waals surface area (Å²) >= 11 is 1.84. The quantitative estimate of drug-likeness (QED) is 0.176. The van der Waals surface area contributed by atoms with Crippen molar-refractivity contribution in [2.45, 2.75) is 0 Å². The predicted octanol–water partition coefficient (Wildman–Crippen LogP) is 13.9. The van der Waals surface area contributed by atoms with Gasteiger partial charge in [0.1, 0.15) is 11.2 Å². The monoisotopic (exact) mass is 746 g/mol. The van der Waals surface area contributed by atoms with E-state index in [0.717, 1.165) is 49.9 Å². The average molecular weight is 747 g/mol. The van der Waals surface area contributed by atoms with E-state index in [9.17, 15) is 0 Å². The molecule has 266 valence electrons. The van der Waals surface area contributed by atoms with E-state index in [-0.39, 0.29) is 0 Å². The minimum absolute atomic E-state index is 0.571. The second kappa shape index (κ2) is 12.6. The highest BCUT2D eigenvalue weighted by molar-refractivity contribution is 7.26. The van der Waals surface area contributed by atoms with Crippen molar-refractivity contribution < 1.29 is 4.42 Å². The Morgan fingerprint density at radius 3 is 1.74 bits per heavy atom. The lowest BCUT2D eigenvalue weighted by Crippen LogP contribution is -2.00. The van der Waals surface area contributed by atoms with Crippen LogP contribution < -0.4 is 0 Å². The van der Waals surface area contributed by atoms with Crippen LogP contribution in [-0.4, -0.2) is 19.5 Å². The molecular formula is C51H30N4OS. The fourth-order valence-corrected chi connectivity index (χ4v) is 9.58. The summed E-state index contributed by atoms with van der Waals surface area (Å²) in [4.78, 5) is 14.9. The van der Waals surface area contributed by atoms with Gasteiger partial charge in [0, 0.05) is 58.5 Å². The number of nitrogens with zero attached hydrogens (tertiary/aromatic N) is 4. The molecule has 0 spiro atoms. The molecule has 0 radical (unpaired) electrons. The fourth-order valence-electron chi connectivity index (χ4n) is 8.47. The second-order valence-corrected chi connectivity index (χ2v) is 15.4. The molecule has 0 atom stereocenters. The van der Waals surface area contributed by atoms with Crippen molar-refractivity contribution in [2.75, 3.05) is 0 Å². The molecule has 0 fully saturated rings. The fraction of sp³-hybridized carbons (Fsp3) is 0. The van der Waals surface area contributed by atoms with Gasteiger partial charge in [-0.2, -0.15) is 0 Å². The molecule has 0 unspecified atom stereocenters. The summed E-state index contributed by atoms with van der Waals surface area (Å²) in [6, 6.07) is 63.8. The number of hydrogen-bond acceptors (Lipinski definition) is 5. The van der Waals surface area contributed by atoms with Crippen molar-refractivity contribution in [2.24, 2.45) is 0 Å². The van der Waals surface area contributed by atoms with Crippen molar-refractivity contribution in [1.82, 2.24) is 19.5 Å². The highest BCUT2D eigenvalue weighted by Crippen LogP contribution is 2.44. The first-order chi connectivity index (χ1) is 28.2. The van der Waals surface area contributed by atoms with Gasteiger partial charge in [-0.1, -0.05) is 127 Å². The molecule has 4 heterocycles. The lowest BCUT2D eigenvalue weighted by molar-refractivity contribution is 0.669. The molecule has 0 saturated heterocycles. The van der Waals surface area contributed by atoms with E-state index in [4.69, 9.17) is 19.4 Å². The van der Waals surface area contributed by atoms with Crippen molar-refractivity contribution in [1.29, 1.82) is 0 Å². The van der Waals surface area contributed by atoms with E-state index in [1.807, 2.05) is 78.1 Å². The van der Waals surface area contributed by atoms with Gasteiger partial charge in [0.25, 0.3) is 0 Å². The molecular weight excluding hydrogens is 717 g/mol. The highest BCUT2D eigenvalue weighted by Gasteiger charge is 2.20. The first kappa shape index (κ1) is 31.9. The Kier molecular flexibility index (Phi) is 7.03. The first-order valence-corrected chi connectivity index (χ1v) is 19.8. The summed E-state index contributed by atoms with van der Waals surface area (Å²) in [5.41, 5.74) is 10.1. The van der Waals surface area contributed by atoms with E-state index in [1.54, 1.807) is 0 Å². The molecule has 0 aliphatic carbocycles. The van der Waals surface area contributed by atoms with Gasteiger partial charge in [0.2, 0.25) is 0 Å². The van der Waals surface area contributed by atoms with Crippen LogP contribution in [0.2, 0.25) is 0 Å². The van der Waals surface area contributed by atoms with Crippen LogP contribution >= 0.6 is 11.3 Å². The second-order valence-electron chi connectivity index (χ2n) is 14.4. The first-order valence-electron chi connectivity index (χ1n) is 19.0. The molecule has 6 heteroatoms. The Balaban J connectivity index is 1.02. The third-order valence-corrected chi connectivity index (χ3v) is 12.2. The summed E-state index contributed by atoms with van der Waals surface area (Å²) in [7, 11) is 0. The number of aromatic nitrogens is 4. The number of thiophene rings is 1. The molecule has 0 N–H and O–H groups in total. The molecule has 5 nitrogen and oxygen atoms in total. The number of furan rings is 1. The van der Waals surface area contributed by atoms with Gasteiger partial charge in [0.05, 0.1) is 16.6 Å². The molecule has 12 aromatic rings. The minimum atomic E-state index is 0.571. The van der Waals surface area contributed by atoms with Gasteiger partial charge in [-0.05, 0) is 65.7 Å². The van der Waals surface area contributed by atoms with Crippen LogP contribution in [0, 0.1) is 0 Å². The summed E-state index contributed by atoms with van der Waals surface area (Å²) < 4.78 is 11.7. The van der Waals surface area contributed by atoms with Gasteiger partial charge in [-0.3, -0.25) is 0 Å². The van der Waals surface area contributed by atoms with Crippen LogP contribution in [-0.2, 0) is 0 Å².